The molecule has 10 nitrogen and oxygen atoms in total. The zero-order valence-corrected chi connectivity index (χ0v) is 23.2. The van der Waals surface area contributed by atoms with E-state index in [0.29, 0.717) is 32.4 Å². The van der Waals surface area contributed by atoms with Crippen molar-refractivity contribution in [1.82, 2.24) is 4.90 Å². The lowest BCUT2D eigenvalue weighted by Crippen LogP contribution is -2.36. The first kappa shape index (κ1) is 28.0. The lowest BCUT2D eigenvalue weighted by atomic mass is 10.1. The first-order valence-corrected chi connectivity index (χ1v) is 13.1. The van der Waals surface area contributed by atoms with Crippen molar-refractivity contribution < 1.29 is 33.2 Å². The van der Waals surface area contributed by atoms with Gasteiger partial charge in [0.05, 0.1) is 26.2 Å². The summed E-state index contributed by atoms with van der Waals surface area (Å²) in [5.41, 5.74) is 1.20. The first-order chi connectivity index (χ1) is 18.7. The lowest BCUT2D eigenvalue weighted by molar-refractivity contribution is -0.384. The minimum atomic E-state index is -0.714. The van der Waals surface area contributed by atoms with Crippen molar-refractivity contribution in [3.8, 4) is 11.5 Å². The number of hydrogen-bond donors (Lipinski definition) is 1. The van der Waals surface area contributed by atoms with Crippen LogP contribution in [0.1, 0.15) is 11.1 Å². The average Bonchev–Trinajstić information content (AvgIpc) is 3.16. The molecule has 0 spiro atoms. The number of nitro groups is 1. The number of hydrogen-bond acceptors (Lipinski definition) is 8. The molecule has 3 aromatic carbocycles. The molecule has 1 heterocycles. The molecule has 0 unspecified atom stereocenters. The van der Waals surface area contributed by atoms with E-state index in [1.165, 1.54) is 43.5 Å². The Labute approximate surface area is 239 Å². The van der Waals surface area contributed by atoms with Crippen LogP contribution in [0, 0.1) is 19.5 Å². The van der Waals surface area contributed by atoms with Gasteiger partial charge in [-0.25, -0.2) is 4.39 Å². The topological polar surface area (TPSA) is 128 Å². The summed E-state index contributed by atoms with van der Waals surface area (Å²) in [6, 6.07) is 14.9. The molecule has 0 aromatic heterocycles. The van der Waals surface area contributed by atoms with E-state index in [1.807, 2.05) is 22.6 Å². The number of halogens is 2. The summed E-state index contributed by atoms with van der Waals surface area (Å²) in [4.78, 5) is 48.9. The number of anilines is 1. The number of thioether (sulfide) groups is 1. The van der Waals surface area contributed by atoms with Crippen molar-refractivity contribution in [2.75, 3.05) is 19.0 Å². The number of methoxy groups -OCH3 is 1. The molecule has 13 heteroatoms. The standard InChI is InChI=1S/C26H19FIN3O7S/c1-37-21-11-16(10-19(28)24(21)38-14-15-6-8-17(9-7-15)31(35)36)12-22-25(33)30(26(34)39-22)13-23(32)29-20-5-3-2-4-18(20)27/h2-12H,13-14H2,1H3,(H,29,32)/b22-12-. The van der Waals surface area contributed by atoms with Gasteiger partial charge in [0.1, 0.15) is 19.0 Å². The van der Waals surface area contributed by atoms with Crippen LogP contribution < -0.4 is 14.8 Å². The Bertz CT molecular complexity index is 1500. The second kappa shape index (κ2) is 12.3. The molecule has 1 aliphatic rings. The number of carbonyl (C=O) groups excluding carboxylic acids is 3. The van der Waals surface area contributed by atoms with E-state index >= 15 is 0 Å². The maximum absolute atomic E-state index is 13.8. The highest BCUT2D eigenvalue weighted by molar-refractivity contribution is 14.1. The minimum Gasteiger partial charge on any atom is -0.493 e. The van der Waals surface area contributed by atoms with E-state index < -0.39 is 34.3 Å². The average molecular weight is 663 g/mol. The zero-order valence-electron chi connectivity index (χ0n) is 20.2. The summed E-state index contributed by atoms with van der Waals surface area (Å²) < 4.78 is 25.8. The summed E-state index contributed by atoms with van der Waals surface area (Å²) in [5, 5.41) is 12.6. The number of nitro benzene ring substituents is 1. The Kier molecular flexibility index (Phi) is 8.81. The molecule has 3 aromatic rings. The van der Waals surface area contributed by atoms with Crippen molar-refractivity contribution in [3.05, 3.63) is 96.2 Å². The summed E-state index contributed by atoms with van der Waals surface area (Å²) in [6.07, 6.45) is 1.50. The highest BCUT2D eigenvalue weighted by Gasteiger charge is 2.36. The highest BCUT2D eigenvalue weighted by atomic mass is 127. The molecule has 1 N–H and O–H groups in total. The van der Waals surface area contributed by atoms with E-state index in [4.69, 9.17) is 9.47 Å². The third-order valence-electron chi connectivity index (χ3n) is 5.40. The third kappa shape index (κ3) is 6.72. The van der Waals surface area contributed by atoms with Crippen LogP contribution in [0.25, 0.3) is 6.08 Å². The summed E-state index contributed by atoms with van der Waals surface area (Å²) in [6.45, 7) is -0.426. The smallest absolute Gasteiger partial charge is 0.294 e. The van der Waals surface area contributed by atoms with Crippen LogP contribution in [0.2, 0.25) is 0 Å². The van der Waals surface area contributed by atoms with E-state index in [9.17, 15) is 28.9 Å². The predicted molar refractivity (Wildman–Crippen MR) is 151 cm³/mol. The maximum atomic E-state index is 13.8. The van der Waals surface area contributed by atoms with Crippen LogP contribution in [-0.2, 0) is 16.2 Å². The lowest BCUT2D eigenvalue weighted by Gasteiger charge is -2.14. The van der Waals surface area contributed by atoms with E-state index in [-0.39, 0.29) is 22.9 Å². The zero-order chi connectivity index (χ0) is 28.1. The highest BCUT2D eigenvalue weighted by Crippen LogP contribution is 2.37. The molecule has 3 amide bonds. The fraction of sp³-hybridized carbons (Fsp3) is 0.115. The van der Waals surface area contributed by atoms with Gasteiger partial charge in [0.15, 0.2) is 11.5 Å². The van der Waals surface area contributed by atoms with E-state index in [0.717, 1.165) is 10.5 Å². The van der Waals surface area contributed by atoms with E-state index in [2.05, 4.69) is 5.32 Å². The van der Waals surface area contributed by atoms with Crippen LogP contribution >= 0.6 is 34.4 Å². The quantitative estimate of drug-likeness (QED) is 0.136. The number of ether oxygens (including phenoxy) is 2. The molecule has 4 rings (SSSR count). The Morgan fingerprint density at radius 2 is 1.90 bits per heavy atom. The number of nitrogens with zero attached hydrogens (tertiary/aromatic N) is 2. The molecule has 200 valence electrons. The number of nitrogens with one attached hydrogen (secondary N) is 1. The van der Waals surface area contributed by atoms with Gasteiger partial charge >= 0.3 is 0 Å². The molecule has 1 aliphatic heterocycles. The number of para-hydroxylation sites is 1. The summed E-state index contributed by atoms with van der Waals surface area (Å²) >= 11 is 2.73. The number of non-ortho nitro benzene ring substituents is 1. The molecule has 0 atom stereocenters. The predicted octanol–water partition coefficient (Wildman–Crippen LogP) is 5.60. The van der Waals surface area contributed by atoms with Crippen LogP contribution in [0.4, 0.5) is 20.6 Å². The fourth-order valence-electron chi connectivity index (χ4n) is 3.52. The van der Waals surface area contributed by atoms with Crippen LogP contribution in [0.15, 0.2) is 65.6 Å². The van der Waals surface area contributed by atoms with Gasteiger partial charge in [0.25, 0.3) is 16.8 Å². The van der Waals surface area contributed by atoms with Gasteiger partial charge < -0.3 is 14.8 Å². The van der Waals surface area contributed by atoms with Gasteiger partial charge in [0, 0.05) is 12.1 Å². The number of rotatable bonds is 9. The summed E-state index contributed by atoms with van der Waals surface area (Å²) in [5.74, 6) is -1.19. The van der Waals surface area contributed by atoms with Crippen LogP contribution in [0.5, 0.6) is 11.5 Å². The Balaban J connectivity index is 1.46. The minimum absolute atomic E-state index is 0.0228. The molecule has 0 aliphatic carbocycles. The van der Waals surface area contributed by atoms with Crippen LogP contribution in [-0.4, -0.2) is 40.5 Å². The van der Waals surface area contributed by atoms with Crippen molar-refractivity contribution in [2.24, 2.45) is 0 Å². The monoisotopic (exact) mass is 663 g/mol. The van der Waals surface area contributed by atoms with Crippen molar-refractivity contribution in [1.29, 1.82) is 0 Å². The second-order valence-corrected chi connectivity index (χ2v) is 10.2. The van der Waals surface area contributed by atoms with Gasteiger partial charge in [-0.1, -0.05) is 12.1 Å². The molecule has 1 saturated heterocycles. The van der Waals surface area contributed by atoms with Gasteiger partial charge in [-0.3, -0.25) is 29.4 Å². The number of benzene rings is 3. The maximum Gasteiger partial charge on any atom is 0.294 e. The van der Waals surface area contributed by atoms with Crippen LogP contribution in [0.3, 0.4) is 0 Å². The second-order valence-electron chi connectivity index (χ2n) is 8.04. The largest absolute Gasteiger partial charge is 0.493 e. The molecule has 39 heavy (non-hydrogen) atoms. The Hall–Kier alpha value is -3.98. The fourth-order valence-corrected chi connectivity index (χ4v) is 5.14. The third-order valence-corrected chi connectivity index (χ3v) is 7.11. The molecule has 1 fully saturated rings. The number of carbonyl (C=O) groups is 3. The molecule has 0 radical (unpaired) electrons. The van der Waals surface area contributed by atoms with Gasteiger partial charge in [0.2, 0.25) is 5.91 Å². The van der Waals surface area contributed by atoms with Crippen molar-refractivity contribution in [3.63, 3.8) is 0 Å². The van der Waals surface area contributed by atoms with Gasteiger partial charge in [-0.2, -0.15) is 0 Å². The van der Waals surface area contributed by atoms with Crippen molar-refractivity contribution >= 4 is 68.9 Å². The number of amides is 3. The van der Waals surface area contributed by atoms with Crippen molar-refractivity contribution in [2.45, 2.75) is 6.61 Å². The molecule has 0 bridgehead atoms. The Morgan fingerprint density at radius 1 is 1.18 bits per heavy atom. The van der Waals surface area contributed by atoms with E-state index in [1.54, 1.807) is 30.3 Å². The first-order valence-electron chi connectivity index (χ1n) is 11.2. The SMILES string of the molecule is COc1cc(/C=C2\SC(=O)N(CC(=O)Nc3ccccc3F)C2=O)cc(I)c1OCc1ccc([N+](=O)[O-])cc1. The molecular formula is C26H19FIN3O7S. The van der Waals surface area contributed by atoms with Gasteiger partial charge in [-0.05, 0) is 88.0 Å². The Morgan fingerprint density at radius 3 is 2.56 bits per heavy atom. The summed E-state index contributed by atoms with van der Waals surface area (Å²) in [7, 11) is 1.45. The molecule has 0 saturated carbocycles. The number of imide groups is 1. The molecular weight excluding hydrogens is 644 g/mol. The normalized spacial score (nSPS) is 14.0. The van der Waals surface area contributed by atoms with Gasteiger partial charge in [-0.15, -0.1) is 0 Å².